The Bertz CT molecular complexity index is 327. The van der Waals surface area contributed by atoms with E-state index in [1.165, 1.54) is 23.5 Å². The third-order valence-electron chi connectivity index (χ3n) is 1.74. The Kier molecular flexibility index (Phi) is 5.17. The first-order valence-corrected chi connectivity index (χ1v) is 6.69. The number of carbonyl (C=O) groups excluding carboxylic acids is 1. The van der Waals surface area contributed by atoms with Gasteiger partial charge in [0.1, 0.15) is 4.91 Å². The minimum absolute atomic E-state index is 0.0966. The normalized spacial score (nSPS) is 18.1. The van der Waals surface area contributed by atoms with Crippen LogP contribution in [0.25, 0.3) is 0 Å². The molecule has 0 aromatic rings. The summed E-state index contributed by atoms with van der Waals surface area (Å²) in [6, 6.07) is 0. The fourth-order valence-corrected chi connectivity index (χ4v) is 3.26. The molecule has 5 nitrogen and oxygen atoms in total. The second-order valence-corrected chi connectivity index (χ2v) is 5.43. The molecule has 1 unspecified atom stereocenters. The smallest absolute Gasteiger partial charge is 0.343 e. The average molecular weight is 263 g/mol. The van der Waals surface area contributed by atoms with E-state index in [1.54, 1.807) is 6.92 Å². The molecule has 16 heavy (non-hydrogen) atoms. The SMILES string of the molecule is CC(O)CNC(=O)C1=C(C(=O)O)SCCS1. The summed E-state index contributed by atoms with van der Waals surface area (Å²) in [5.74, 6) is -0.0758. The molecule has 0 bridgehead atoms. The Morgan fingerprint density at radius 3 is 2.44 bits per heavy atom. The van der Waals surface area contributed by atoms with Crippen molar-refractivity contribution in [3.63, 3.8) is 0 Å². The van der Waals surface area contributed by atoms with Gasteiger partial charge in [0.15, 0.2) is 0 Å². The number of rotatable bonds is 4. The monoisotopic (exact) mass is 263 g/mol. The number of thioether (sulfide) groups is 2. The van der Waals surface area contributed by atoms with Crippen molar-refractivity contribution < 1.29 is 19.8 Å². The molecule has 0 aromatic heterocycles. The van der Waals surface area contributed by atoms with Gasteiger partial charge in [-0.3, -0.25) is 4.79 Å². The van der Waals surface area contributed by atoms with E-state index in [0.717, 1.165) is 5.75 Å². The average Bonchev–Trinajstić information content (AvgIpc) is 2.25. The van der Waals surface area contributed by atoms with Crippen molar-refractivity contribution in [3.8, 4) is 0 Å². The van der Waals surface area contributed by atoms with Crippen LogP contribution in [-0.2, 0) is 9.59 Å². The Labute approximate surface area is 102 Å². The van der Waals surface area contributed by atoms with Crippen LogP contribution in [0.15, 0.2) is 9.81 Å². The lowest BCUT2D eigenvalue weighted by molar-refractivity contribution is -0.132. The Hall–Kier alpha value is -0.660. The van der Waals surface area contributed by atoms with Crippen molar-refractivity contribution in [2.75, 3.05) is 18.1 Å². The maximum absolute atomic E-state index is 11.6. The minimum Gasteiger partial charge on any atom is -0.477 e. The number of hydrogen-bond donors (Lipinski definition) is 3. The molecule has 90 valence electrons. The van der Waals surface area contributed by atoms with Crippen LogP contribution < -0.4 is 5.32 Å². The van der Waals surface area contributed by atoms with Crippen LogP contribution >= 0.6 is 23.5 Å². The van der Waals surface area contributed by atoms with Gasteiger partial charge in [0.2, 0.25) is 0 Å². The van der Waals surface area contributed by atoms with Crippen LogP contribution in [0.2, 0.25) is 0 Å². The predicted octanol–water partition coefficient (Wildman–Crippen LogP) is 0.260. The number of aliphatic carboxylic acids is 1. The summed E-state index contributed by atoms with van der Waals surface area (Å²) < 4.78 is 0. The summed E-state index contributed by atoms with van der Waals surface area (Å²) in [4.78, 5) is 22.9. The first-order valence-electron chi connectivity index (χ1n) is 4.71. The van der Waals surface area contributed by atoms with Crippen molar-refractivity contribution in [3.05, 3.63) is 9.81 Å². The molecule has 0 saturated carbocycles. The molecule has 0 spiro atoms. The number of hydrogen-bond acceptors (Lipinski definition) is 5. The summed E-state index contributed by atoms with van der Waals surface area (Å²) in [5.41, 5.74) is 0. The molecule has 1 amide bonds. The first-order chi connectivity index (χ1) is 7.52. The van der Waals surface area contributed by atoms with Gasteiger partial charge in [0, 0.05) is 18.1 Å². The van der Waals surface area contributed by atoms with Gasteiger partial charge in [-0.25, -0.2) is 4.79 Å². The lowest BCUT2D eigenvalue weighted by Crippen LogP contribution is -2.32. The molecule has 0 aliphatic carbocycles. The highest BCUT2D eigenvalue weighted by Gasteiger charge is 2.24. The first kappa shape index (κ1) is 13.4. The van der Waals surface area contributed by atoms with E-state index >= 15 is 0 Å². The Morgan fingerprint density at radius 1 is 1.38 bits per heavy atom. The van der Waals surface area contributed by atoms with Crippen LogP contribution in [0.5, 0.6) is 0 Å². The van der Waals surface area contributed by atoms with Crippen LogP contribution in [0.4, 0.5) is 0 Å². The van der Waals surface area contributed by atoms with E-state index in [0.29, 0.717) is 5.75 Å². The standard InChI is InChI=1S/C9H13NO4S2/c1-5(11)4-10-8(12)6-7(9(13)14)16-3-2-15-6/h5,11H,2-4H2,1H3,(H,10,12)(H,13,14). The van der Waals surface area contributed by atoms with Crippen LogP contribution in [-0.4, -0.2) is 46.2 Å². The van der Waals surface area contributed by atoms with Gasteiger partial charge in [-0.15, -0.1) is 23.5 Å². The molecule has 7 heteroatoms. The van der Waals surface area contributed by atoms with Crippen LogP contribution in [0.1, 0.15) is 6.92 Å². The maximum atomic E-state index is 11.6. The lowest BCUT2D eigenvalue weighted by atomic mass is 10.4. The summed E-state index contributed by atoms with van der Waals surface area (Å²) in [5, 5.41) is 20.4. The second-order valence-electron chi connectivity index (χ2n) is 3.22. The third-order valence-corrected chi connectivity index (χ3v) is 4.29. The Balaban J connectivity index is 2.74. The second kappa shape index (κ2) is 6.17. The van der Waals surface area contributed by atoms with Gasteiger partial charge in [-0.1, -0.05) is 0 Å². The number of aliphatic hydroxyl groups excluding tert-OH is 1. The zero-order chi connectivity index (χ0) is 12.1. The molecule has 1 heterocycles. The maximum Gasteiger partial charge on any atom is 0.343 e. The highest BCUT2D eigenvalue weighted by atomic mass is 32.2. The fourth-order valence-electron chi connectivity index (χ4n) is 1.07. The molecule has 1 rings (SSSR count). The fraction of sp³-hybridized carbons (Fsp3) is 0.556. The molecule has 0 aromatic carbocycles. The van der Waals surface area contributed by atoms with Crippen molar-refractivity contribution >= 4 is 35.4 Å². The van der Waals surface area contributed by atoms with Crippen molar-refractivity contribution in [1.82, 2.24) is 5.32 Å². The third kappa shape index (κ3) is 3.73. The molecule has 1 aliphatic rings. The number of carboxylic acid groups (broad SMARTS) is 1. The quantitative estimate of drug-likeness (QED) is 0.674. The highest BCUT2D eigenvalue weighted by Crippen LogP contribution is 2.34. The van der Waals surface area contributed by atoms with E-state index in [-0.39, 0.29) is 16.4 Å². The van der Waals surface area contributed by atoms with Crippen molar-refractivity contribution in [2.24, 2.45) is 0 Å². The number of amides is 1. The number of nitrogens with one attached hydrogen (secondary N) is 1. The predicted molar refractivity (Wildman–Crippen MR) is 64.3 cm³/mol. The van der Waals surface area contributed by atoms with E-state index in [1.807, 2.05) is 0 Å². The van der Waals surface area contributed by atoms with E-state index < -0.39 is 18.0 Å². The number of carboxylic acids is 1. The minimum atomic E-state index is -1.07. The molecule has 0 saturated heterocycles. The van der Waals surface area contributed by atoms with Crippen LogP contribution in [0.3, 0.4) is 0 Å². The van der Waals surface area contributed by atoms with Gasteiger partial charge in [0.25, 0.3) is 5.91 Å². The molecule has 1 atom stereocenters. The summed E-state index contributed by atoms with van der Waals surface area (Å²) in [7, 11) is 0. The summed E-state index contributed by atoms with van der Waals surface area (Å²) in [6.45, 7) is 1.68. The molecular weight excluding hydrogens is 250 g/mol. The molecular formula is C9H13NO4S2. The highest BCUT2D eigenvalue weighted by molar-refractivity contribution is 8.11. The van der Waals surface area contributed by atoms with Gasteiger partial charge in [-0.2, -0.15) is 0 Å². The largest absolute Gasteiger partial charge is 0.477 e. The van der Waals surface area contributed by atoms with Gasteiger partial charge < -0.3 is 15.5 Å². The molecule has 0 fully saturated rings. The van der Waals surface area contributed by atoms with E-state index in [4.69, 9.17) is 10.2 Å². The van der Waals surface area contributed by atoms with Gasteiger partial charge >= 0.3 is 5.97 Å². The van der Waals surface area contributed by atoms with Gasteiger partial charge in [0.05, 0.1) is 11.0 Å². The van der Waals surface area contributed by atoms with Gasteiger partial charge in [-0.05, 0) is 6.92 Å². The van der Waals surface area contributed by atoms with Crippen molar-refractivity contribution in [1.29, 1.82) is 0 Å². The zero-order valence-electron chi connectivity index (χ0n) is 8.73. The molecule has 0 radical (unpaired) electrons. The van der Waals surface area contributed by atoms with E-state index in [2.05, 4.69) is 5.32 Å². The molecule has 3 N–H and O–H groups in total. The topological polar surface area (TPSA) is 86.6 Å². The zero-order valence-corrected chi connectivity index (χ0v) is 10.4. The number of aliphatic hydroxyl groups is 1. The summed E-state index contributed by atoms with van der Waals surface area (Å²) >= 11 is 2.42. The Morgan fingerprint density at radius 2 is 1.94 bits per heavy atom. The van der Waals surface area contributed by atoms with E-state index in [9.17, 15) is 9.59 Å². The lowest BCUT2D eigenvalue weighted by Gasteiger charge is -2.16. The van der Waals surface area contributed by atoms with Crippen molar-refractivity contribution in [2.45, 2.75) is 13.0 Å². The summed E-state index contributed by atoms with van der Waals surface area (Å²) in [6.07, 6.45) is -0.640. The molecule has 1 aliphatic heterocycles. The number of carbonyl (C=O) groups is 2. The van der Waals surface area contributed by atoms with Crippen LogP contribution in [0, 0.1) is 0 Å².